The van der Waals surface area contributed by atoms with Gasteiger partial charge in [0.05, 0.1) is 5.56 Å². The Labute approximate surface area is 124 Å². The Bertz CT molecular complexity index is 616. The summed E-state index contributed by atoms with van der Waals surface area (Å²) in [6.07, 6.45) is 2.00. The highest BCUT2D eigenvalue weighted by Gasteiger charge is 2.12. The van der Waals surface area contributed by atoms with Gasteiger partial charge in [-0.1, -0.05) is 18.2 Å². The summed E-state index contributed by atoms with van der Waals surface area (Å²) in [7, 11) is 0. The van der Waals surface area contributed by atoms with Crippen LogP contribution in [0.25, 0.3) is 0 Å². The molecule has 0 spiro atoms. The highest BCUT2D eigenvalue weighted by atomic mass is 79.9. The molecule has 3 N–H and O–H groups in total. The van der Waals surface area contributed by atoms with Gasteiger partial charge < -0.3 is 10.5 Å². The summed E-state index contributed by atoms with van der Waals surface area (Å²) in [5.41, 5.74) is 6.18. The van der Waals surface area contributed by atoms with E-state index in [4.69, 9.17) is 15.9 Å². The fourth-order valence-corrected chi connectivity index (χ4v) is 2.76. The molecule has 2 aromatic rings. The van der Waals surface area contributed by atoms with E-state index < -0.39 is 0 Å². The van der Waals surface area contributed by atoms with Crippen molar-refractivity contribution in [3.05, 3.63) is 52.5 Å². The molecule has 2 aromatic carbocycles. The molecule has 0 aliphatic carbocycles. The van der Waals surface area contributed by atoms with Gasteiger partial charge in [0.15, 0.2) is 0 Å². The van der Waals surface area contributed by atoms with Crippen LogP contribution in [-0.4, -0.2) is 12.1 Å². The first kappa shape index (κ1) is 14.0. The summed E-state index contributed by atoms with van der Waals surface area (Å²) in [6, 6.07) is 13.3. The third-order valence-corrected chi connectivity index (χ3v) is 3.97. The topological polar surface area (TPSA) is 59.1 Å². The van der Waals surface area contributed by atoms with Crippen LogP contribution in [0.1, 0.15) is 5.56 Å². The number of hydrogen-bond donors (Lipinski definition) is 2. The quantitative estimate of drug-likeness (QED) is 0.498. The van der Waals surface area contributed by atoms with Gasteiger partial charge in [0, 0.05) is 9.37 Å². The normalized spacial score (nSPS) is 10.2. The van der Waals surface area contributed by atoms with Crippen LogP contribution < -0.4 is 10.5 Å². The lowest BCUT2D eigenvalue weighted by Crippen LogP contribution is -2.13. The first-order valence-corrected chi connectivity index (χ1v) is 7.59. The largest absolute Gasteiger partial charge is 0.455 e. The lowest BCUT2D eigenvalue weighted by molar-refractivity contribution is 0.470. The Hall–Kier alpha value is -1.46. The van der Waals surface area contributed by atoms with Crippen LogP contribution in [0.5, 0.6) is 11.5 Å². The number of halogens is 1. The summed E-state index contributed by atoms with van der Waals surface area (Å²) in [5.74, 6) is 1.31. The molecule has 0 aliphatic rings. The van der Waals surface area contributed by atoms with Crippen molar-refractivity contribution in [3.63, 3.8) is 0 Å². The average molecular weight is 337 g/mol. The minimum absolute atomic E-state index is 0.0240. The van der Waals surface area contributed by atoms with Gasteiger partial charge in [-0.15, -0.1) is 11.8 Å². The fraction of sp³-hybridized carbons (Fsp3) is 0.0714. The third kappa shape index (κ3) is 3.11. The van der Waals surface area contributed by atoms with E-state index in [0.717, 1.165) is 15.1 Å². The number of ether oxygens (including phenoxy) is 1. The molecular formula is C14H13BrN2OS. The molecule has 0 fully saturated rings. The predicted octanol–water partition coefficient (Wildman–Crippen LogP) is 4.25. The van der Waals surface area contributed by atoms with Gasteiger partial charge in [-0.25, -0.2) is 0 Å². The summed E-state index contributed by atoms with van der Waals surface area (Å²) >= 11 is 5.00. The molecule has 0 bridgehead atoms. The van der Waals surface area contributed by atoms with Crippen molar-refractivity contribution in [1.29, 1.82) is 5.41 Å². The number of para-hydroxylation sites is 1. The van der Waals surface area contributed by atoms with Crippen molar-refractivity contribution in [2.24, 2.45) is 5.73 Å². The fourth-order valence-electron chi connectivity index (χ4n) is 1.67. The monoisotopic (exact) mass is 336 g/mol. The maximum absolute atomic E-state index is 7.64. The summed E-state index contributed by atoms with van der Waals surface area (Å²) in [4.78, 5) is 1.04. The van der Waals surface area contributed by atoms with E-state index in [2.05, 4.69) is 15.9 Å². The zero-order chi connectivity index (χ0) is 13.8. The van der Waals surface area contributed by atoms with E-state index in [9.17, 15) is 0 Å². The van der Waals surface area contributed by atoms with E-state index in [-0.39, 0.29) is 5.84 Å². The Morgan fingerprint density at radius 2 is 1.84 bits per heavy atom. The van der Waals surface area contributed by atoms with E-state index in [1.165, 1.54) is 0 Å². The van der Waals surface area contributed by atoms with Gasteiger partial charge in [0.25, 0.3) is 0 Å². The van der Waals surface area contributed by atoms with Crippen LogP contribution >= 0.6 is 27.7 Å². The van der Waals surface area contributed by atoms with Crippen LogP contribution in [0.3, 0.4) is 0 Å². The zero-order valence-corrected chi connectivity index (χ0v) is 12.7. The smallest absolute Gasteiger partial charge is 0.141 e. The second-order valence-corrected chi connectivity index (χ2v) is 5.48. The average Bonchev–Trinajstić information content (AvgIpc) is 2.39. The van der Waals surface area contributed by atoms with Crippen LogP contribution in [-0.2, 0) is 0 Å². The highest BCUT2D eigenvalue weighted by molar-refractivity contribution is 9.10. The number of nitrogens with one attached hydrogen (secondary N) is 1. The summed E-state index contributed by atoms with van der Waals surface area (Å²) in [6.45, 7) is 0. The molecule has 3 nitrogen and oxygen atoms in total. The molecular weight excluding hydrogens is 324 g/mol. The Kier molecular flexibility index (Phi) is 4.50. The number of nitrogens with two attached hydrogens (primary N) is 1. The molecule has 0 amide bonds. The van der Waals surface area contributed by atoms with Gasteiger partial charge in [-0.2, -0.15) is 0 Å². The number of benzene rings is 2. The SMILES string of the molecule is CSc1ccccc1Oc1cccc(Br)c1C(=N)N. The van der Waals surface area contributed by atoms with Crippen LogP contribution in [0.15, 0.2) is 51.8 Å². The van der Waals surface area contributed by atoms with Gasteiger partial charge in [-0.05, 0) is 46.5 Å². The Morgan fingerprint density at radius 3 is 2.53 bits per heavy atom. The number of amidine groups is 1. The molecule has 0 aliphatic heterocycles. The molecule has 0 saturated heterocycles. The lowest BCUT2D eigenvalue weighted by atomic mass is 10.2. The third-order valence-electron chi connectivity index (χ3n) is 2.53. The van der Waals surface area contributed by atoms with E-state index in [1.807, 2.05) is 42.7 Å². The van der Waals surface area contributed by atoms with E-state index in [1.54, 1.807) is 17.8 Å². The number of hydrogen-bond acceptors (Lipinski definition) is 3. The van der Waals surface area contributed by atoms with Crippen molar-refractivity contribution in [3.8, 4) is 11.5 Å². The van der Waals surface area contributed by atoms with Gasteiger partial charge in [0.1, 0.15) is 17.3 Å². The first-order valence-electron chi connectivity index (χ1n) is 5.57. The van der Waals surface area contributed by atoms with E-state index in [0.29, 0.717) is 11.3 Å². The predicted molar refractivity (Wildman–Crippen MR) is 83.5 cm³/mol. The molecule has 19 heavy (non-hydrogen) atoms. The van der Waals surface area contributed by atoms with Crippen molar-refractivity contribution in [2.45, 2.75) is 4.90 Å². The van der Waals surface area contributed by atoms with Crippen molar-refractivity contribution in [1.82, 2.24) is 0 Å². The first-order chi connectivity index (χ1) is 9.13. The number of thioether (sulfide) groups is 1. The van der Waals surface area contributed by atoms with Crippen LogP contribution in [0.2, 0.25) is 0 Å². The molecule has 2 rings (SSSR count). The molecule has 0 heterocycles. The molecule has 0 atom stereocenters. The van der Waals surface area contributed by atoms with Gasteiger partial charge >= 0.3 is 0 Å². The molecule has 0 saturated carbocycles. The summed E-state index contributed by atoms with van der Waals surface area (Å²) < 4.78 is 6.65. The lowest BCUT2D eigenvalue weighted by Gasteiger charge is -2.13. The highest BCUT2D eigenvalue weighted by Crippen LogP contribution is 2.34. The molecule has 0 unspecified atom stereocenters. The number of nitrogen functional groups attached to an aromatic ring is 1. The maximum Gasteiger partial charge on any atom is 0.141 e. The van der Waals surface area contributed by atoms with Crippen molar-refractivity contribution < 1.29 is 4.74 Å². The molecule has 98 valence electrons. The summed E-state index contributed by atoms with van der Waals surface area (Å²) in [5, 5.41) is 7.64. The Balaban J connectivity index is 2.44. The number of rotatable bonds is 4. The van der Waals surface area contributed by atoms with Crippen molar-refractivity contribution >= 4 is 33.5 Å². The second-order valence-electron chi connectivity index (χ2n) is 3.78. The van der Waals surface area contributed by atoms with Gasteiger partial charge in [0.2, 0.25) is 0 Å². The van der Waals surface area contributed by atoms with E-state index >= 15 is 0 Å². The standard InChI is InChI=1S/C14H13BrN2OS/c1-19-12-8-3-2-6-10(12)18-11-7-4-5-9(15)13(11)14(16)17/h2-8H,1H3,(H3,16,17). The molecule has 0 aromatic heterocycles. The minimum Gasteiger partial charge on any atom is -0.455 e. The van der Waals surface area contributed by atoms with Gasteiger partial charge in [-0.3, -0.25) is 5.41 Å². The van der Waals surface area contributed by atoms with Crippen LogP contribution in [0.4, 0.5) is 0 Å². The second kappa shape index (κ2) is 6.12. The van der Waals surface area contributed by atoms with Crippen molar-refractivity contribution in [2.75, 3.05) is 6.26 Å². The zero-order valence-electron chi connectivity index (χ0n) is 10.3. The molecule has 5 heteroatoms. The van der Waals surface area contributed by atoms with Crippen LogP contribution in [0, 0.1) is 5.41 Å². The minimum atomic E-state index is -0.0240. The Morgan fingerprint density at radius 1 is 1.16 bits per heavy atom. The maximum atomic E-state index is 7.64. The molecule has 0 radical (unpaired) electrons.